The van der Waals surface area contributed by atoms with Gasteiger partial charge in [-0.15, -0.1) is 0 Å². The summed E-state index contributed by atoms with van der Waals surface area (Å²) in [5, 5.41) is 11.4. The molecule has 0 saturated carbocycles. The van der Waals surface area contributed by atoms with Crippen LogP contribution in [-0.2, 0) is 25.6 Å². The van der Waals surface area contributed by atoms with Gasteiger partial charge in [0.05, 0.1) is 24.5 Å². The van der Waals surface area contributed by atoms with Crippen molar-refractivity contribution < 1.29 is 26.9 Å². The van der Waals surface area contributed by atoms with Crippen LogP contribution >= 0.6 is 0 Å². The largest absolute Gasteiger partial charge is 0.470 e. The van der Waals surface area contributed by atoms with E-state index >= 15 is 0 Å². The van der Waals surface area contributed by atoms with Crippen LogP contribution in [0.4, 0.5) is 4.79 Å². The first-order valence-corrected chi connectivity index (χ1v) is 10.2. The molecule has 0 saturated heterocycles. The molecule has 0 heterocycles. The molecule has 0 aliphatic carbocycles. The minimum atomic E-state index is -3.61. The van der Waals surface area contributed by atoms with Crippen molar-refractivity contribution in [2.45, 2.75) is 19.3 Å². The number of benzene rings is 2. The van der Waals surface area contributed by atoms with E-state index in [9.17, 15) is 13.2 Å². The summed E-state index contributed by atoms with van der Waals surface area (Å²) < 4.78 is 37.7. The topological polar surface area (TPSA) is 115 Å². The van der Waals surface area contributed by atoms with Gasteiger partial charge in [-0.05, 0) is 29.8 Å². The van der Waals surface area contributed by atoms with E-state index in [1.807, 2.05) is 36.4 Å². The first-order chi connectivity index (χ1) is 13.4. The summed E-state index contributed by atoms with van der Waals surface area (Å²) in [5.41, 5.74) is 1.28. The molecule has 0 bridgehead atoms. The van der Waals surface area contributed by atoms with Crippen LogP contribution in [0.1, 0.15) is 17.5 Å². The van der Waals surface area contributed by atoms with Crippen molar-refractivity contribution in [2.75, 3.05) is 12.9 Å². The zero-order valence-corrected chi connectivity index (χ0v) is 16.0. The number of hydrogen-bond donors (Lipinski definition) is 1. The molecule has 0 spiro atoms. The van der Waals surface area contributed by atoms with Crippen LogP contribution in [0.15, 0.2) is 54.6 Å². The Bertz CT molecular complexity index is 908. The number of nitrogens with one attached hydrogen (secondary N) is 1. The molecule has 0 aliphatic rings. The Morgan fingerprint density at radius 1 is 1.14 bits per heavy atom. The number of ether oxygens (including phenoxy) is 2. The summed E-state index contributed by atoms with van der Waals surface area (Å²) in [6, 6.07) is 17.4. The van der Waals surface area contributed by atoms with Crippen LogP contribution in [0.2, 0.25) is 0 Å². The van der Waals surface area contributed by atoms with Gasteiger partial charge in [-0.3, -0.25) is 9.50 Å². The van der Waals surface area contributed by atoms with E-state index in [0.29, 0.717) is 11.3 Å². The molecule has 0 aliphatic heterocycles. The predicted octanol–water partition coefficient (Wildman–Crippen LogP) is 2.56. The maximum atomic E-state index is 12.1. The Labute approximate surface area is 163 Å². The molecule has 28 heavy (non-hydrogen) atoms. The molecule has 1 N–H and O–H groups in total. The van der Waals surface area contributed by atoms with Gasteiger partial charge in [-0.25, -0.2) is 4.79 Å². The maximum absolute atomic E-state index is 12.1. The summed E-state index contributed by atoms with van der Waals surface area (Å²) in [7, 11) is -3.61. The highest BCUT2D eigenvalue weighted by atomic mass is 32.2. The number of alkyl carbamates (subject to hydrolysis) is 1. The normalized spacial score (nSPS) is 11.9. The fourth-order valence-electron chi connectivity index (χ4n) is 2.14. The summed E-state index contributed by atoms with van der Waals surface area (Å²) in [6.07, 6.45) is -0.613. The molecule has 1 atom stereocenters. The predicted molar refractivity (Wildman–Crippen MR) is 101 cm³/mol. The molecule has 2 aromatic carbocycles. The van der Waals surface area contributed by atoms with Crippen molar-refractivity contribution in [1.29, 1.82) is 5.26 Å². The standard InChI is InChI=1S/C19H20N2O6S/c1-28(23,24)26-12-11-18(27-17-9-7-15(13-20)8-10-17)21-19(22)25-14-16-5-3-2-4-6-16/h2-10,18H,11-12,14H2,1H3,(H,21,22). The number of amides is 1. The third kappa shape index (κ3) is 8.07. The molecule has 148 valence electrons. The minimum Gasteiger partial charge on any atom is -0.470 e. The summed E-state index contributed by atoms with van der Waals surface area (Å²) in [5.74, 6) is 0.395. The Morgan fingerprint density at radius 2 is 1.82 bits per heavy atom. The maximum Gasteiger partial charge on any atom is 0.410 e. The first-order valence-electron chi connectivity index (χ1n) is 8.34. The number of carbonyl (C=O) groups is 1. The van der Waals surface area contributed by atoms with Gasteiger partial charge in [0.1, 0.15) is 12.4 Å². The highest BCUT2D eigenvalue weighted by molar-refractivity contribution is 7.85. The van der Waals surface area contributed by atoms with Gasteiger partial charge in [0.25, 0.3) is 10.1 Å². The quantitative estimate of drug-likeness (QED) is 0.504. The van der Waals surface area contributed by atoms with Gasteiger partial charge < -0.3 is 9.47 Å². The average molecular weight is 404 g/mol. The molecule has 0 radical (unpaired) electrons. The lowest BCUT2D eigenvalue weighted by atomic mass is 10.2. The third-order valence-corrected chi connectivity index (χ3v) is 4.03. The molecule has 2 aromatic rings. The number of rotatable bonds is 9. The highest BCUT2D eigenvalue weighted by Crippen LogP contribution is 2.14. The second kappa shape index (κ2) is 10.3. The monoisotopic (exact) mass is 404 g/mol. The Hall–Kier alpha value is -3.09. The van der Waals surface area contributed by atoms with E-state index in [1.54, 1.807) is 24.3 Å². The van der Waals surface area contributed by atoms with Crippen molar-refractivity contribution in [3.05, 3.63) is 65.7 Å². The summed E-state index contributed by atoms with van der Waals surface area (Å²) in [6.45, 7) is -0.102. The van der Waals surface area contributed by atoms with E-state index < -0.39 is 22.4 Å². The van der Waals surface area contributed by atoms with Crippen molar-refractivity contribution in [2.24, 2.45) is 0 Å². The fourth-order valence-corrected chi connectivity index (χ4v) is 2.53. The second-order valence-corrected chi connectivity index (χ2v) is 7.41. The van der Waals surface area contributed by atoms with Crippen LogP contribution in [0, 0.1) is 11.3 Å². The van der Waals surface area contributed by atoms with E-state index in [0.717, 1.165) is 11.8 Å². The van der Waals surface area contributed by atoms with Crippen LogP contribution in [0.3, 0.4) is 0 Å². The van der Waals surface area contributed by atoms with Gasteiger partial charge in [-0.2, -0.15) is 13.7 Å². The minimum absolute atomic E-state index is 0.0630. The van der Waals surface area contributed by atoms with Crippen molar-refractivity contribution in [3.8, 4) is 11.8 Å². The second-order valence-electron chi connectivity index (χ2n) is 5.76. The van der Waals surface area contributed by atoms with Gasteiger partial charge in [0, 0.05) is 6.42 Å². The molecule has 2 rings (SSSR count). The van der Waals surface area contributed by atoms with Crippen molar-refractivity contribution in [3.63, 3.8) is 0 Å². The van der Waals surface area contributed by atoms with E-state index in [4.69, 9.17) is 18.9 Å². The molecular weight excluding hydrogens is 384 g/mol. The molecule has 0 aromatic heterocycles. The van der Waals surface area contributed by atoms with E-state index in [2.05, 4.69) is 5.32 Å². The number of carbonyl (C=O) groups excluding carboxylic acids is 1. The van der Waals surface area contributed by atoms with Crippen LogP contribution < -0.4 is 10.1 Å². The molecule has 0 fully saturated rings. The number of hydrogen-bond acceptors (Lipinski definition) is 7. The third-order valence-electron chi connectivity index (χ3n) is 3.43. The van der Waals surface area contributed by atoms with E-state index in [-0.39, 0.29) is 19.6 Å². The average Bonchev–Trinajstić information content (AvgIpc) is 2.67. The number of nitrogens with zero attached hydrogens (tertiary/aromatic N) is 1. The molecule has 8 nitrogen and oxygen atoms in total. The van der Waals surface area contributed by atoms with Crippen LogP contribution in [0.5, 0.6) is 5.75 Å². The van der Waals surface area contributed by atoms with Crippen molar-refractivity contribution >= 4 is 16.2 Å². The lowest BCUT2D eigenvalue weighted by Crippen LogP contribution is -2.40. The lowest BCUT2D eigenvalue weighted by molar-refractivity contribution is 0.0949. The Morgan fingerprint density at radius 3 is 2.43 bits per heavy atom. The van der Waals surface area contributed by atoms with Gasteiger partial charge >= 0.3 is 6.09 Å². The van der Waals surface area contributed by atoms with Crippen LogP contribution in [0.25, 0.3) is 0 Å². The van der Waals surface area contributed by atoms with Crippen LogP contribution in [-0.4, -0.2) is 33.6 Å². The van der Waals surface area contributed by atoms with E-state index in [1.165, 1.54) is 0 Å². The zero-order valence-electron chi connectivity index (χ0n) is 15.2. The van der Waals surface area contributed by atoms with Gasteiger partial charge in [0.15, 0.2) is 6.23 Å². The summed E-state index contributed by atoms with van der Waals surface area (Å²) in [4.78, 5) is 12.1. The van der Waals surface area contributed by atoms with Gasteiger partial charge in [-0.1, -0.05) is 30.3 Å². The van der Waals surface area contributed by atoms with Crippen molar-refractivity contribution in [1.82, 2.24) is 5.32 Å². The Kier molecular flexibility index (Phi) is 7.80. The molecule has 1 unspecified atom stereocenters. The Balaban J connectivity index is 1.95. The molecule has 1 amide bonds. The van der Waals surface area contributed by atoms with Gasteiger partial charge in [0.2, 0.25) is 0 Å². The lowest BCUT2D eigenvalue weighted by Gasteiger charge is -2.20. The smallest absolute Gasteiger partial charge is 0.410 e. The summed E-state index contributed by atoms with van der Waals surface area (Å²) >= 11 is 0. The zero-order chi connectivity index (χ0) is 20.4. The molecular formula is C19H20N2O6S. The first kappa shape index (κ1) is 21.2. The molecule has 9 heteroatoms. The highest BCUT2D eigenvalue weighted by Gasteiger charge is 2.16. The SMILES string of the molecule is CS(=O)(=O)OCCC(NC(=O)OCc1ccccc1)Oc1ccc(C#N)cc1. The fraction of sp³-hybridized carbons (Fsp3) is 0.263. The number of nitriles is 1.